The molecule has 0 saturated heterocycles. The molecular formula is C31H23N3O3S2. The first-order valence-corrected chi connectivity index (χ1v) is 13.8. The summed E-state index contributed by atoms with van der Waals surface area (Å²) in [6.07, 6.45) is 1.44. The highest BCUT2D eigenvalue weighted by molar-refractivity contribution is 8.00. The Kier molecular flexibility index (Phi) is 7.92. The van der Waals surface area contributed by atoms with Crippen LogP contribution in [-0.2, 0) is 4.79 Å². The monoisotopic (exact) mass is 549 g/mol. The van der Waals surface area contributed by atoms with Gasteiger partial charge in [-0.25, -0.2) is 0 Å². The van der Waals surface area contributed by atoms with Gasteiger partial charge >= 0.3 is 0 Å². The van der Waals surface area contributed by atoms with Gasteiger partial charge in [0.05, 0.1) is 11.8 Å². The molecule has 2 amide bonds. The number of benzene rings is 3. The number of nitrogens with zero attached hydrogens (tertiary/aromatic N) is 1. The number of nitriles is 1. The second-order valence-corrected chi connectivity index (χ2v) is 10.7. The van der Waals surface area contributed by atoms with Gasteiger partial charge in [0.2, 0.25) is 5.91 Å². The Morgan fingerprint density at radius 1 is 0.949 bits per heavy atom. The van der Waals surface area contributed by atoms with Crippen molar-refractivity contribution in [2.75, 3.05) is 10.6 Å². The predicted octanol–water partition coefficient (Wildman–Crippen LogP) is 7.91. The lowest BCUT2D eigenvalue weighted by Crippen LogP contribution is -2.19. The Morgan fingerprint density at radius 2 is 1.74 bits per heavy atom. The Morgan fingerprint density at radius 3 is 2.46 bits per heavy atom. The number of carbonyl (C=O) groups excluding carboxylic acids is 2. The molecule has 2 N–H and O–H groups in total. The SMILES string of the molecule is Cc1ccc(-c2csc(NC(=O)C(Sc3cccc(NC(=O)c4ccco4)c3)c3ccccc3)c2C#N)cc1. The van der Waals surface area contributed by atoms with Gasteiger partial charge in [-0.1, -0.05) is 66.2 Å². The Bertz CT molecular complexity index is 1640. The molecule has 5 rings (SSSR count). The van der Waals surface area contributed by atoms with E-state index in [2.05, 4.69) is 16.7 Å². The number of thiophene rings is 1. The third-order valence-electron chi connectivity index (χ3n) is 5.93. The van der Waals surface area contributed by atoms with Crippen LogP contribution in [0.5, 0.6) is 0 Å². The topological polar surface area (TPSA) is 95.1 Å². The lowest BCUT2D eigenvalue weighted by Gasteiger charge is -2.17. The number of hydrogen-bond donors (Lipinski definition) is 2. The number of amides is 2. The zero-order valence-electron chi connectivity index (χ0n) is 20.9. The van der Waals surface area contributed by atoms with Gasteiger partial charge in [0.1, 0.15) is 16.3 Å². The standard InChI is InChI=1S/C31H23N3O3S2/c1-20-12-14-21(15-13-20)26-19-38-31(25(26)18-32)34-30(36)28(22-7-3-2-4-8-22)39-24-10-5-9-23(17-24)33-29(35)27-11-6-16-37-27/h2-17,19,28H,1H3,(H,33,35)(H,34,36). The number of hydrogen-bond acceptors (Lipinski definition) is 6. The third kappa shape index (κ3) is 6.12. The van der Waals surface area contributed by atoms with Crippen molar-refractivity contribution in [2.24, 2.45) is 0 Å². The lowest BCUT2D eigenvalue weighted by molar-refractivity contribution is -0.115. The van der Waals surface area contributed by atoms with Crippen LogP contribution >= 0.6 is 23.1 Å². The maximum absolute atomic E-state index is 13.7. The van der Waals surface area contributed by atoms with Gasteiger partial charge in [-0.3, -0.25) is 9.59 Å². The molecule has 0 bridgehead atoms. The first-order chi connectivity index (χ1) is 19.0. The molecule has 8 heteroatoms. The summed E-state index contributed by atoms with van der Waals surface area (Å²) in [5.41, 5.74) is 4.70. The van der Waals surface area contributed by atoms with Crippen molar-refractivity contribution in [1.29, 1.82) is 5.26 Å². The van der Waals surface area contributed by atoms with E-state index < -0.39 is 5.25 Å². The molecule has 0 fully saturated rings. The highest BCUT2D eigenvalue weighted by atomic mass is 32.2. The average Bonchev–Trinajstić information content (AvgIpc) is 3.63. The quantitative estimate of drug-likeness (QED) is 0.192. The number of furan rings is 1. The number of rotatable bonds is 8. The maximum atomic E-state index is 13.7. The van der Waals surface area contributed by atoms with Gasteiger partial charge in [-0.05, 0) is 48.4 Å². The summed E-state index contributed by atoms with van der Waals surface area (Å²) in [6.45, 7) is 2.01. The summed E-state index contributed by atoms with van der Waals surface area (Å²) in [5.74, 6) is -0.389. The van der Waals surface area contributed by atoms with Crippen molar-refractivity contribution in [3.8, 4) is 17.2 Å². The number of anilines is 2. The number of aryl methyl sites for hydroxylation is 1. The first kappa shape index (κ1) is 26.0. The van der Waals surface area contributed by atoms with Crippen molar-refractivity contribution in [2.45, 2.75) is 17.1 Å². The number of carbonyl (C=O) groups is 2. The van der Waals surface area contributed by atoms with Crippen LogP contribution in [0.2, 0.25) is 0 Å². The van der Waals surface area contributed by atoms with E-state index in [-0.39, 0.29) is 17.6 Å². The normalized spacial score (nSPS) is 11.4. The lowest BCUT2D eigenvalue weighted by atomic mass is 10.0. The fourth-order valence-corrected chi connectivity index (χ4v) is 5.97. The van der Waals surface area contributed by atoms with Gasteiger partial charge in [0.25, 0.3) is 5.91 Å². The van der Waals surface area contributed by atoms with E-state index in [4.69, 9.17) is 4.42 Å². The summed E-state index contributed by atoms with van der Waals surface area (Å²) in [6, 6.07) is 30.2. The summed E-state index contributed by atoms with van der Waals surface area (Å²) in [5, 5.41) is 17.6. The van der Waals surface area contributed by atoms with E-state index >= 15 is 0 Å². The second-order valence-electron chi connectivity index (χ2n) is 8.69. The van der Waals surface area contributed by atoms with Crippen LogP contribution in [0.3, 0.4) is 0 Å². The van der Waals surface area contributed by atoms with Crippen molar-refractivity contribution < 1.29 is 14.0 Å². The first-order valence-electron chi connectivity index (χ1n) is 12.1. The highest BCUT2D eigenvalue weighted by Gasteiger charge is 2.25. The molecule has 39 heavy (non-hydrogen) atoms. The zero-order chi connectivity index (χ0) is 27.2. The van der Waals surface area contributed by atoms with Crippen LogP contribution < -0.4 is 10.6 Å². The average molecular weight is 550 g/mol. The minimum Gasteiger partial charge on any atom is -0.459 e. The fraction of sp³-hybridized carbons (Fsp3) is 0.0645. The van der Waals surface area contributed by atoms with E-state index in [0.717, 1.165) is 27.1 Å². The molecule has 0 aliphatic carbocycles. The van der Waals surface area contributed by atoms with E-state index in [9.17, 15) is 14.9 Å². The van der Waals surface area contributed by atoms with Gasteiger partial charge < -0.3 is 15.1 Å². The Balaban J connectivity index is 1.39. The molecule has 0 aliphatic heterocycles. The molecule has 0 radical (unpaired) electrons. The molecule has 3 aromatic carbocycles. The van der Waals surface area contributed by atoms with Crippen LogP contribution in [0.25, 0.3) is 11.1 Å². The molecule has 0 saturated carbocycles. The van der Waals surface area contributed by atoms with Crippen LogP contribution in [-0.4, -0.2) is 11.8 Å². The third-order valence-corrected chi connectivity index (χ3v) is 8.08. The molecule has 0 aliphatic rings. The molecule has 6 nitrogen and oxygen atoms in total. The minimum atomic E-state index is -0.598. The van der Waals surface area contributed by atoms with Crippen LogP contribution in [0.15, 0.2) is 112 Å². The van der Waals surface area contributed by atoms with Gasteiger partial charge in [-0.2, -0.15) is 5.26 Å². The van der Waals surface area contributed by atoms with Crippen molar-refractivity contribution >= 4 is 45.6 Å². The molecule has 1 unspecified atom stereocenters. The molecule has 2 aromatic heterocycles. The van der Waals surface area contributed by atoms with E-state index in [0.29, 0.717) is 16.3 Å². The molecule has 5 aromatic rings. The molecular weight excluding hydrogens is 526 g/mol. The van der Waals surface area contributed by atoms with Crippen molar-refractivity contribution in [3.63, 3.8) is 0 Å². The van der Waals surface area contributed by atoms with Gasteiger partial charge in [-0.15, -0.1) is 23.1 Å². The summed E-state index contributed by atoms with van der Waals surface area (Å²) < 4.78 is 5.17. The number of nitrogens with one attached hydrogen (secondary N) is 2. The zero-order valence-corrected chi connectivity index (χ0v) is 22.5. The predicted molar refractivity (Wildman–Crippen MR) is 156 cm³/mol. The van der Waals surface area contributed by atoms with E-state index in [1.54, 1.807) is 18.2 Å². The second kappa shape index (κ2) is 11.9. The smallest absolute Gasteiger partial charge is 0.291 e. The summed E-state index contributed by atoms with van der Waals surface area (Å²) >= 11 is 2.70. The summed E-state index contributed by atoms with van der Waals surface area (Å²) in [4.78, 5) is 26.9. The summed E-state index contributed by atoms with van der Waals surface area (Å²) in [7, 11) is 0. The minimum absolute atomic E-state index is 0.212. The fourth-order valence-electron chi connectivity index (χ4n) is 3.97. The Labute approximate surface area is 234 Å². The van der Waals surface area contributed by atoms with Crippen LogP contribution in [0.1, 0.15) is 32.5 Å². The molecule has 0 spiro atoms. The molecule has 192 valence electrons. The number of thioether (sulfide) groups is 1. The van der Waals surface area contributed by atoms with E-state index in [1.165, 1.54) is 29.4 Å². The highest BCUT2D eigenvalue weighted by Crippen LogP contribution is 2.40. The Hall–Kier alpha value is -4.58. The largest absolute Gasteiger partial charge is 0.459 e. The van der Waals surface area contributed by atoms with E-state index in [1.807, 2.05) is 85.1 Å². The van der Waals surface area contributed by atoms with Crippen LogP contribution in [0, 0.1) is 18.3 Å². The van der Waals surface area contributed by atoms with Gasteiger partial charge in [0.15, 0.2) is 5.76 Å². The molecule has 1 atom stereocenters. The van der Waals surface area contributed by atoms with Crippen molar-refractivity contribution in [1.82, 2.24) is 0 Å². The maximum Gasteiger partial charge on any atom is 0.291 e. The van der Waals surface area contributed by atoms with Gasteiger partial charge in [0, 0.05) is 21.5 Å². The van der Waals surface area contributed by atoms with Crippen molar-refractivity contribution in [3.05, 3.63) is 125 Å². The van der Waals surface area contributed by atoms with Crippen LogP contribution in [0.4, 0.5) is 10.7 Å². The molecule has 2 heterocycles.